The standard InChI is InChI=1S/C63H43N3/c1-5-15-44(16-6-1)46-25-27-47(28-26-46)49-31-36-55(37-32-49)65(54-34-29-48(30-35-54)45-17-7-2-8-18-45)56-38-40-58-57-39-33-52(42-61(57)66(62(58)43-56)53-22-11-4-12-23-53)63-59(50-19-9-3-10-20-50)41-51-21-13-14-24-60(51)64-63/h1-43H. The minimum atomic E-state index is 0.966. The summed E-state index contributed by atoms with van der Waals surface area (Å²) in [6.07, 6.45) is 0. The molecule has 12 rings (SSSR count). The predicted molar refractivity (Wildman–Crippen MR) is 278 cm³/mol. The first-order chi connectivity index (χ1) is 32.7. The van der Waals surface area contributed by atoms with Crippen LogP contribution in [0.4, 0.5) is 17.1 Å². The number of hydrogen-bond donors (Lipinski definition) is 0. The van der Waals surface area contributed by atoms with Crippen molar-refractivity contribution in [3.8, 4) is 61.5 Å². The lowest BCUT2D eigenvalue weighted by Gasteiger charge is -2.26. The van der Waals surface area contributed by atoms with E-state index in [9.17, 15) is 0 Å². The predicted octanol–water partition coefficient (Wildman–Crippen LogP) is 17.1. The number of hydrogen-bond acceptors (Lipinski definition) is 2. The third-order valence-corrected chi connectivity index (χ3v) is 12.8. The van der Waals surface area contributed by atoms with E-state index in [2.05, 4.69) is 270 Å². The molecule has 0 N–H and O–H groups in total. The first-order valence-electron chi connectivity index (χ1n) is 22.5. The second-order valence-electron chi connectivity index (χ2n) is 16.8. The van der Waals surface area contributed by atoms with E-state index in [1.54, 1.807) is 0 Å². The van der Waals surface area contributed by atoms with Crippen molar-refractivity contribution in [3.63, 3.8) is 0 Å². The minimum Gasteiger partial charge on any atom is -0.310 e. The van der Waals surface area contributed by atoms with E-state index < -0.39 is 0 Å². The summed E-state index contributed by atoms with van der Waals surface area (Å²) in [5.41, 5.74) is 19.0. The molecule has 0 bridgehead atoms. The Kier molecular flexibility index (Phi) is 9.85. The molecular weight excluding hydrogens is 799 g/mol. The molecule has 0 saturated heterocycles. The Morgan fingerprint density at radius 3 is 1.27 bits per heavy atom. The van der Waals surface area contributed by atoms with Gasteiger partial charge in [-0.05, 0) is 106 Å². The molecule has 0 amide bonds. The molecule has 2 heterocycles. The molecule has 0 spiro atoms. The molecule has 3 heteroatoms. The summed E-state index contributed by atoms with van der Waals surface area (Å²) in [4.78, 5) is 7.72. The van der Waals surface area contributed by atoms with Crippen molar-refractivity contribution in [3.05, 3.63) is 261 Å². The molecule has 3 nitrogen and oxygen atoms in total. The van der Waals surface area contributed by atoms with Gasteiger partial charge in [-0.3, -0.25) is 0 Å². The van der Waals surface area contributed by atoms with E-state index in [0.717, 1.165) is 67.1 Å². The zero-order valence-electron chi connectivity index (χ0n) is 36.2. The summed E-state index contributed by atoms with van der Waals surface area (Å²) in [5, 5.41) is 3.50. The number of aromatic nitrogens is 2. The Morgan fingerprint density at radius 1 is 0.303 bits per heavy atom. The summed E-state index contributed by atoms with van der Waals surface area (Å²) in [6.45, 7) is 0. The number of benzene rings is 10. The Hall–Kier alpha value is -8.79. The molecule has 0 atom stereocenters. The third-order valence-electron chi connectivity index (χ3n) is 12.8. The van der Waals surface area contributed by atoms with Gasteiger partial charge in [0.15, 0.2) is 0 Å². The van der Waals surface area contributed by atoms with E-state index >= 15 is 0 Å². The van der Waals surface area contributed by atoms with Crippen LogP contribution in [0.1, 0.15) is 0 Å². The van der Waals surface area contributed by atoms with E-state index in [1.165, 1.54) is 44.2 Å². The van der Waals surface area contributed by atoms with Crippen LogP contribution in [0.15, 0.2) is 261 Å². The summed E-state index contributed by atoms with van der Waals surface area (Å²) in [7, 11) is 0. The van der Waals surface area contributed by atoms with Crippen LogP contribution in [0.2, 0.25) is 0 Å². The van der Waals surface area contributed by atoms with Crippen molar-refractivity contribution in [2.75, 3.05) is 4.90 Å². The van der Waals surface area contributed by atoms with Crippen LogP contribution in [0.5, 0.6) is 0 Å². The highest BCUT2D eigenvalue weighted by Gasteiger charge is 2.20. The molecule has 12 aromatic rings. The highest BCUT2D eigenvalue weighted by molar-refractivity contribution is 6.11. The van der Waals surface area contributed by atoms with Gasteiger partial charge in [-0.15, -0.1) is 0 Å². The minimum absolute atomic E-state index is 0.966. The zero-order valence-corrected chi connectivity index (χ0v) is 36.2. The molecule has 0 radical (unpaired) electrons. The molecule has 0 aliphatic heterocycles. The Morgan fingerprint density at radius 2 is 0.712 bits per heavy atom. The van der Waals surface area contributed by atoms with Crippen molar-refractivity contribution in [1.29, 1.82) is 0 Å². The van der Waals surface area contributed by atoms with Gasteiger partial charge in [0.25, 0.3) is 0 Å². The number of fused-ring (bicyclic) bond motifs is 4. The van der Waals surface area contributed by atoms with Crippen LogP contribution in [-0.2, 0) is 0 Å². The first kappa shape index (κ1) is 38.9. The fourth-order valence-corrected chi connectivity index (χ4v) is 9.49. The largest absolute Gasteiger partial charge is 0.310 e. The van der Waals surface area contributed by atoms with Crippen LogP contribution in [-0.4, -0.2) is 9.55 Å². The molecular formula is C63H43N3. The number of rotatable bonds is 9. The third kappa shape index (κ3) is 7.19. The number of para-hydroxylation sites is 2. The Bertz CT molecular complexity index is 3640. The van der Waals surface area contributed by atoms with Gasteiger partial charge in [0.2, 0.25) is 0 Å². The van der Waals surface area contributed by atoms with Gasteiger partial charge in [0, 0.05) is 50.0 Å². The van der Waals surface area contributed by atoms with Crippen LogP contribution < -0.4 is 4.90 Å². The summed E-state index contributed by atoms with van der Waals surface area (Å²) in [6, 6.07) is 93.7. The van der Waals surface area contributed by atoms with Gasteiger partial charge >= 0.3 is 0 Å². The lowest BCUT2D eigenvalue weighted by molar-refractivity contribution is 1.18. The highest BCUT2D eigenvalue weighted by atomic mass is 15.1. The highest BCUT2D eigenvalue weighted by Crippen LogP contribution is 2.43. The van der Waals surface area contributed by atoms with Gasteiger partial charge in [-0.2, -0.15) is 0 Å². The topological polar surface area (TPSA) is 21.1 Å². The molecule has 10 aromatic carbocycles. The SMILES string of the molecule is c1ccc(-c2ccc(-c3ccc(N(c4ccc(-c5ccccc5)cc4)c4ccc5c6ccc(-c7nc8ccccc8cc7-c7ccccc7)cc6n(-c6ccccc6)c5c4)cc3)cc2)cc1. The van der Waals surface area contributed by atoms with Crippen molar-refractivity contribution in [2.45, 2.75) is 0 Å². The van der Waals surface area contributed by atoms with Gasteiger partial charge in [0.1, 0.15) is 0 Å². The van der Waals surface area contributed by atoms with Crippen molar-refractivity contribution < 1.29 is 0 Å². The normalized spacial score (nSPS) is 11.3. The van der Waals surface area contributed by atoms with Crippen molar-refractivity contribution >= 4 is 49.8 Å². The van der Waals surface area contributed by atoms with E-state index in [4.69, 9.17) is 4.98 Å². The molecule has 0 unspecified atom stereocenters. The second kappa shape index (κ2) is 16.7. The summed E-state index contributed by atoms with van der Waals surface area (Å²) in [5.74, 6) is 0. The van der Waals surface area contributed by atoms with E-state index in [-0.39, 0.29) is 0 Å². The van der Waals surface area contributed by atoms with Crippen LogP contribution in [0, 0.1) is 0 Å². The average molecular weight is 842 g/mol. The molecule has 66 heavy (non-hydrogen) atoms. The molecule has 0 aliphatic carbocycles. The zero-order chi connectivity index (χ0) is 43.8. The fraction of sp³-hybridized carbons (Fsp3) is 0. The maximum atomic E-state index is 5.34. The smallest absolute Gasteiger partial charge is 0.0788 e. The molecule has 0 saturated carbocycles. The fourth-order valence-electron chi connectivity index (χ4n) is 9.49. The Balaban J connectivity index is 1.01. The first-order valence-corrected chi connectivity index (χ1v) is 22.5. The van der Waals surface area contributed by atoms with Crippen LogP contribution in [0.25, 0.3) is 94.2 Å². The van der Waals surface area contributed by atoms with Gasteiger partial charge < -0.3 is 9.47 Å². The summed E-state index contributed by atoms with van der Waals surface area (Å²) >= 11 is 0. The van der Waals surface area contributed by atoms with E-state index in [1.807, 2.05) is 0 Å². The maximum Gasteiger partial charge on any atom is 0.0788 e. The van der Waals surface area contributed by atoms with E-state index in [0.29, 0.717) is 0 Å². The number of nitrogens with zero attached hydrogens (tertiary/aromatic N) is 3. The monoisotopic (exact) mass is 841 g/mol. The quantitative estimate of drug-likeness (QED) is 0.144. The molecule has 0 aliphatic rings. The van der Waals surface area contributed by atoms with Gasteiger partial charge in [0.05, 0.1) is 22.2 Å². The lowest BCUT2D eigenvalue weighted by atomic mass is 9.96. The maximum absolute atomic E-state index is 5.34. The number of anilines is 3. The van der Waals surface area contributed by atoms with Crippen molar-refractivity contribution in [1.82, 2.24) is 9.55 Å². The molecule has 310 valence electrons. The van der Waals surface area contributed by atoms with Crippen molar-refractivity contribution in [2.24, 2.45) is 0 Å². The molecule has 0 fully saturated rings. The van der Waals surface area contributed by atoms with Gasteiger partial charge in [-0.25, -0.2) is 4.98 Å². The number of pyridine rings is 1. The summed E-state index contributed by atoms with van der Waals surface area (Å²) < 4.78 is 2.42. The second-order valence-corrected chi connectivity index (χ2v) is 16.8. The average Bonchev–Trinajstić information content (AvgIpc) is 3.73. The molecule has 2 aromatic heterocycles. The Labute approximate surface area is 384 Å². The van der Waals surface area contributed by atoms with Crippen LogP contribution in [0.3, 0.4) is 0 Å². The van der Waals surface area contributed by atoms with Gasteiger partial charge in [-0.1, -0.05) is 194 Å². The van der Waals surface area contributed by atoms with Crippen LogP contribution >= 0.6 is 0 Å². The lowest BCUT2D eigenvalue weighted by Crippen LogP contribution is -2.10.